The van der Waals surface area contributed by atoms with E-state index in [-0.39, 0.29) is 5.78 Å². The van der Waals surface area contributed by atoms with Crippen molar-refractivity contribution in [3.05, 3.63) is 65.7 Å². The summed E-state index contributed by atoms with van der Waals surface area (Å²) >= 11 is 0. The van der Waals surface area contributed by atoms with Crippen molar-refractivity contribution < 1.29 is 9.53 Å². The van der Waals surface area contributed by atoms with E-state index in [1.165, 1.54) is 0 Å². The Labute approximate surface area is 113 Å². The monoisotopic (exact) mass is 255 g/mol. The Morgan fingerprint density at radius 1 is 1.11 bits per heavy atom. The Hall–Kier alpha value is -2.13. The first-order valence-electron chi connectivity index (χ1n) is 6.30. The summed E-state index contributed by atoms with van der Waals surface area (Å²) in [5.74, 6) is 0.668. The lowest BCUT2D eigenvalue weighted by Gasteiger charge is -2.11. The van der Waals surface area contributed by atoms with Crippen LogP contribution in [0.1, 0.15) is 28.9 Å². The fourth-order valence-electron chi connectivity index (χ4n) is 1.87. The van der Waals surface area contributed by atoms with Crippen molar-refractivity contribution >= 4 is 5.78 Å². The maximum Gasteiger partial charge on any atom is 0.184 e. The third-order valence-corrected chi connectivity index (χ3v) is 2.89. The molecule has 2 rings (SSSR count). The number of nitrogens with two attached hydrogens (primary N) is 1. The van der Waals surface area contributed by atoms with Gasteiger partial charge in [0.15, 0.2) is 5.78 Å². The van der Waals surface area contributed by atoms with E-state index in [2.05, 4.69) is 0 Å². The molecule has 0 aliphatic rings. The summed E-state index contributed by atoms with van der Waals surface area (Å²) in [6, 6.07) is 15.8. The van der Waals surface area contributed by atoms with Gasteiger partial charge < -0.3 is 10.5 Å². The minimum atomic E-state index is -0.626. The highest BCUT2D eigenvalue weighted by atomic mass is 16.5. The lowest BCUT2D eigenvalue weighted by Crippen LogP contribution is -2.21. The maximum absolute atomic E-state index is 12.2. The Morgan fingerprint density at radius 3 is 2.32 bits per heavy atom. The molecule has 0 aliphatic heterocycles. The van der Waals surface area contributed by atoms with Crippen LogP contribution in [0.4, 0.5) is 0 Å². The van der Waals surface area contributed by atoms with Crippen LogP contribution in [0.2, 0.25) is 0 Å². The van der Waals surface area contributed by atoms with E-state index in [0.29, 0.717) is 12.2 Å². The summed E-state index contributed by atoms with van der Waals surface area (Å²) in [6.07, 6.45) is 0. The third kappa shape index (κ3) is 3.20. The molecule has 0 aliphatic carbocycles. The quantitative estimate of drug-likeness (QED) is 0.836. The Bertz CT molecular complexity index is 534. The average molecular weight is 255 g/mol. The Kier molecular flexibility index (Phi) is 4.31. The molecule has 0 heterocycles. The molecular formula is C16H17NO2. The second kappa shape index (κ2) is 6.16. The smallest absolute Gasteiger partial charge is 0.184 e. The van der Waals surface area contributed by atoms with Crippen molar-refractivity contribution in [3.8, 4) is 5.75 Å². The molecule has 0 saturated carbocycles. The van der Waals surface area contributed by atoms with Gasteiger partial charge in [-0.3, -0.25) is 4.79 Å². The average Bonchev–Trinajstić information content (AvgIpc) is 2.48. The summed E-state index contributed by atoms with van der Waals surface area (Å²) in [7, 11) is 0. The number of hydrogen-bond donors (Lipinski definition) is 1. The topological polar surface area (TPSA) is 52.3 Å². The van der Waals surface area contributed by atoms with Gasteiger partial charge in [-0.15, -0.1) is 0 Å². The lowest BCUT2D eigenvalue weighted by atomic mass is 9.98. The second-order valence-electron chi connectivity index (χ2n) is 4.21. The fourth-order valence-corrected chi connectivity index (χ4v) is 1.87. The largest absolute Gasteiger partial charge is 0.494 e. The van der Waals surface area contributed by atoms with E-state index in [1.54, 1.807) is 24.3 Å². The third-order valence-electron chi connectivity index (χ3n) is 2.89. The number of ether oxygens (including phenoxy) is 1. The summed E-state index contributed by atoms with van der Waals surface area (Å²) in [6.45, 7) is 2.53. The number of rotatable bonds is 5. The van der Waals surface area contributed by atoms with E-state index in [4.69, 9.17) is 10.5 Å². The molecule has 0 amide bonds. The zero-order chi connectivity index (χ0) is 13.7. The second-order valence-corrected chi connectivity index (χ2v) is 4.21. The van der Waals surface area contributed by atoms with E-state index < -0.39 is 6.04 Å². The van der Waals surface area contributed by atoms with Gasteiger partial charge >= 0.3 is 0 Å². The molecule has 1 atom stereocenters. The van der Waals surface area contributed by atoms with Crippen LogP contribution in [0.25, 0.3) is 0 Å². The standard InChI is InChI=1S/C16H17NO2/c1-2-19-14-10-8-13(9-11-14)16(18)15(17)12-6-4-3-5-7-12/h3-11,15H,2,17H2,1H3/t15-/m0/s1. The van der Waals surface area contributed by atoms with Crippen LogP contribution in [-0.2, 0) is 0 Å². The highest BCUT2D eigenvalue weighted by molar-refractivity contribution is 6.00. The van der Waals surface area contributed by atoms with Crippen LogP contribution >= 0.6 is 0 Å². The van der Waals surface area contributed by atoms with Gasteiger partial charge in [0.05, 0.1) is 12.6 Å². The molecule has 0 aromatic heterocycles. The molecule has 2 aromatic rings. The van der Waals surface area contributed by atoms with Gasteiger partial charge in [0.1, 0.15) is 5.75 Å². The van der Waals surface area contributed by atoms with E-state index >= 15 is 0 Å². The van der Waals surface area contributed by atoms with Crippen molar-refractivity contribution in [3.63, 3.8) is 0 Å². The molecule has 2 aromatic carbocycles. The molecule has 3 heteroatoms. The molecular weight excluding hydrogens is 238 g/mol. The molecule has 0 radical (unpaired) electrons. The SMILES string of the molecule is CCOc1ccc(C(=O)[C@@H](N)c2ccccc2)cc1. The predicted octanol–water partition coefficient (Wildman–Crippen LogP) is 2.97. The van der Waals surface area contributed by atoms with Gasteiger partial charge in [0, 0.05) is 5.56 Å². The first kappa shape index (κ1) is 13.3. The Morgan fingerprint density at radius 2 is 1.74 bits per heavy atom. The van der Waals surface area contributed by atoms with Gasteiger partial charge in [0.25, 0.3) is 0 Å². The van der Waals surface area contributed by atoms with Crippen molar-refractivity contribution in [1.82, 2.24) is 0 Å². The molecule has 0 fully saturated rings. The van der Waals surface area contributed by atoms with Crippen molar-refractivity contribution in [2.45, 2.75) is 13.0 Å². The lowest BCUT2D eigenvalue weighted by molar-refractivity contribution is 0.0961. The van der Waals surface area contributed by atoms with Crippen LogP contribution < -0.4 is 10.5 Å². The minimum Gasteiger partial charge on any atom is -0.494 e. The van der Waals surface area contributed by atoms with Gasteiger partial charge in [-0.2, -0.15) is 0 Å². The molecule has 0 saturated heterocycles. The zero-order valence-corrected chi connectivity index (χ0v) is 10.9. The number of benzene rings is 2. The van der Waals surface area contributed by atoms with Crippen molar-refractivity contribution in [2.75, 3.05) is 6.61 Å². The van der Waals surface area contributed by atoms with Crippen LogP contribution in [0.15, 0.2) is 54.6 Å². The Balaban J connectivity index is 2.15. The normalized spacial score (nSPS) is 11.9. The van der Waals surface area contributed by atoms with Gasteiger partial charge in [-0.1, -0.05) is 30.3 Å². The highest BCUT2D eigenvalue weighted by Gasteiger charge is 2.17. The van der Waals surface area contributed by atoms with Crippen LogP contribution in [-0.4, -0.2) is 12.4 Å². The van der Waals surface area contributed by atoms with E-state index in [1.807, 2.05) is 37.3 Å². The summed E-state index contributed by atoms with van der Waals surface area (Å²) in [5, 5.41) is 0. The fraction of sp³-hybridized carbons (Fsp3) is 0.188. The zero-order valence-electron chi connectivity index (χ0n) is 10.9. The summed E-state index contributed by atoms with van der Waals surface area (Å²) in [5.41, 5.74) is 7.40. The number of carbonyl (C=O) groups excluding carboxylic acids is 1. The van der Waals surface area contributed by atoms with E-state index in [9.17, 15) is 4.79 Å². The molecule has 0 bridgehead atoms. The van der Waals surface area contributed by atoms with Crippen molar-refractivity contribution in [1.29, 1.82) is 0 Å². The molecule has 0 spiro atoms. The van der Waals surface area contributed by atoms with Crippen LogP contribution in [0, 0.1) is 0 Å². The molecule has 19 heavy (non-hydrogen) atoms. The predicted molar refractivity (Wildman–Crippen MR) is 75.3 cm³/mol. The highest BCUT2D eigenvalue weighted by Crippen LogP contribution is 2.18. The molecule has 98 valence electrons. The summed E-state index contributed by atoms with van der Waals surface area (Å²) in [4.78, 5) is 12.2. The van der Waals surface area contributed by atoms with Crippen LogP contribution in [0.5, 0.6) is 5.75 Å². The number of ketones is 1. The van der Waals surface area contributed by atoms with E-state index in [0.717, 1.165) is 11.3 Å². The van der Waals surface area contributed by atoms with Crippen LogP contribution in [0.3, 0.4) is 0 Å². The molecule has 0 unspecified atom stereocenters. The number of Topliss-reactive ketones (excluding diaryl/α,β-unsaturated/α-hetero) is 1. The molecule has 2 N–H and O–H groups in total. The minimum absolute atomic E-state index is 0.0887. The first-order chi connectivity index (χ1) is 9.22. The first-order valence-corrected chi connectivity index (χ1v) is 6.30. The molecule has 3 nitrogen and oxygen atoms in total. The number of carbonyl (C=O) groups is 1. The number of hydrogen-bond acceptors (Lipinski definition) is 3. The van der Waals surface area contributed by atoms with Gasteiger partial charge in [-0.25, -0.2) is 0 Å². The van der Waals surface area contributed by atoms with Crippen molar-refractivity contribution in [2.24, 2.45) is 5.73 Å². The maximum atomic E-state index is 12.2. The van der Waals surface area contributed by atoms with Gasteiger partial charge in [-0.05, 0) is 36.8 Å². The summed E-state index contributed by atoms with van der Waals surface area (Å²) < 4.78 is 5.34. The van der Waals surface area contributed by atoms with Gasteiger partial charge in [0.2, 0.25) is 0 Å².